The van der Waals surface area contributed by atoms with Gasteiger partial charge in [0.2, 0.25) is 0 Å². The highest BCUT2D eigenvalue weighted by molar-refractivity contribution is 4.66. The van der Waals surface area contributed by atoms with Crippen molar-refractivity contribution in [1.29, 1.82) is 0 Å². The number of hydrogen-bond donors (Lipinski definition) is 0. The topological polar surface area (TPSA) is 92.4 Å². The second-order valence-corrected chi connectivity index (χ2v) is 8.70. The highest BCUT2D eigenvalue weighted by Crippen LogP contribution is 2.17. The van der Waals surface area contributed by atoms with E-state index in [4.69, 9.17) is 0 Å². The Morgan fingerprint density at radius 1 is 0.448 bits per heavy atom. The molecule has 0 atom stereocenters. The van der Waals surface area contributed by atoms with E-state index in [0.717, 1.165) is 12.8 Å². The number of rotatable bonds is 23. The molecule has 0 aromatic heterocycles. The fourth-order valence-electron chi connectivity index (χ4n) is 3.98. The van der Waals surface area contributed by atoms with E-state index >= 15 is 0 Å². The maximum atomic E-state index is 11.0. The second-order valence-electron chi connectivity index (χ2n) is 8.70. The minimum absolute atomic E-state index is 0. The molecule has 29 heavy (non-hydrogen) atoms. The van der Waals surface area contributed by atoms with Gasteiger partial charge in [-0.2, -0.15) is 4.91 Å². The van der Waals surface area contributed by atoms with Crippen LogP contribution in [0.25, 0.3) is 0 Å². The van der Waals surface area contributed by atoms with Gasteiger partial charge in [-0.05, 0) is 12.8 Å². The predicted molar refractivity (Wildman–Crippen MR) is 130 cm³/mol. The van der Waals surface area contributed by atoms with E-state index in [1.54, 1.807) is 0 Å². The van der Waals surface area contributed by atoms with Crippen LogP contribution in [0.3, 0.4) is 0 Å². The van der Waals surface area contributed by atoms with Crippen LogP contribution in [0.15, 0.2) is 5.18 Å². The lowest BCUT2D eigenvalue weighted by Crippen LogP contribution is -2.03. The summed E-state index contributed by atoms with van der Waals surface area (Å²) in [5.41, 5.74) is 0. The molecule has 0 spiro atoms. The fraction of sp³-hybridized carbons (Fsp3) is 1.00. The van der Waals surface area contributed by atoms with E-state index < -0.39 is 0 Å². The first kappa shape index (κ1) is 33.2. The summed E-state index contributed by atoms with van der Waals surface area (Å²) >= 11 is 0. The van der Waals surface area contributed by atoms with Gasteiger partial charge >= 0.3 is 0 Å². The Kier molecular flexibility index (Phi) is 34.0. The van der Waals surface area contributed by atoms with Gasteiger partial charge in [-0.1, -0.05) is 147 Å². The summed E-state index contributed by atoms with van der Waals surface area (Å²) in [6.45, 7) is 4.55. The number of nitroso groups, excluding NO2 is 1. The Morgan fingerprint density at radius 2 is 0.690 bits per heavy atom. The lowest BCUT2D eigenvalue weighted by molar-refractivity contribution is 0.478. The van der Waals surface area contributed by atoms with Crippen molar-refractivity contribution in [1.82, 2.24) is 0 Å². The van der Waals surface area contributed by atoms with Crippen LogP contribution in [0.5, 0.6) is 0 Å². The van der Waals surface area contributed by atoms with Crippen molar-refractivity contribution in [3.05, 3.63) is 4.91 Å². The molecule has 0 aromatic carbocycles. The molecule has 0 unspecified atom stereocenters. The predicted octanol–water partition coefficient (Wildman–Crippen LogP) is 8.09. The van der Waals surface area contributed by atoms with Crippen molar-refractivity contribution in [3.8, 4) is 0 Å². The van der Waals surface area contributed by atoms with Crippen LogP contribution in [0.4, 0.5) is 0 Å². The maximum absolute atomic E-state index is 11.0. The van der Waals surface area contributed by atoms with E-state index in [1.165, 1.54) is 128 Å². The molecule has 4 nitrogen and oxygen atoms in total. The van der Waals surface area contributed by atoms with Crippen molar-refractivity contribution >= 4 is 0 Å². The summed E-state index contributed by atoms with van der Waals surface area (Å²) in [4.78, 5) is 11.0. The Labute approximate surface area is 182 Å². The summed E-state index contributed by atoms with van der Waals surface area (Å²) < 4.78 is 0. The van der Waals surface area contributed by atoms with Crippen LogP contribution in [-0.4, -0.2) is 17.0 Å². The van der Waals surface area contributed by atoms with E-state index in [-0.39, 0.29) is 17.0 Å². The Hall–Kier alpha value is -0.480. The van der Waals surface area contributed by atoms with Gasteiger partial charge in [0.25, 0.3) is 0 Å². The molecule has 0 radical (unpaired) electrons. The fourth-order valence-corrected chi connectivity index (χ4v) is 3.98. The van der Waals surface area contributed by atoms with E-state index in [9.17, 15) is 4.91 Å². The third-order valence-corrected chi connectivity index (χ3v) is 5.93. The monoisotopic (exact) mass is 417 g/mol. The Morgan fingerprint density at radius 3 is 0.931 bits per heavy atom. The molecule has 4 N–H and O–H groups in total. The molecular weight excluding hydrogens is 362 g/mol. The molecule has 0 aliphatic heterocycles. The van der Waals surface area contributed by atoms with Gasteiger partial charge in [-0.25, -0.2) is 0 Å². The minimum Gasteiger partial charge on any atom is -0.412 e. The van der Waals surface area contributed by atoms with Gasteiger partial charge in [-0.15, -0.1) is 0 Å². The van der Waals surface area contributed by atoms with Gasteiger partial charge in [0.15, 0.2) is 0 Å². The average Bonchev–Trinajstić information content (AvgIpc) is 2.69. The number of nitrogens with zero attached hydrogens (tertiary/aromatic N) is 1. The van der Waals surface area contributed by atoms with E-state index in [2.05, 4.69) is 19.0 Å². The molecule has 4 heteroatoms. The summed E-state index contributed by atoms with van der Waals surface area (Å²) in [5.74, 6) is 0. The first-order valence-corrected chi connectivity index (χ1v) is 12.7. The van der Waals surface area contributed by atoms with Crippen molar-refractivity contribution in [3.63, 3.8) is 0 Å². The van der Waals surface area contributed by atoms with Gasteiger partial charge in [0, 0.05) is 0 Å². The minimum atomic E-state index is 0. The first-order chi connectivity index (χ1) is 13.3. The summed E-state index contributed by atoms with van der Waals surface area (Å²) in [6.07, 6.45) is 29.3. The molecule has 0 aromatic rings. The molecule has 0 aliphatic rings. The smallest absolute Gasteiger partial charge is 0.0919 e. The molecule has 0 aliphatic carbocycles. The highest BCUT2D eigenvalue weighted by atomic mass is 16.3. The summed E-state index contributed by atoms with van der Waals surface area (Å²) in [5, 5.41) is 3.39. The number of unbranched alkanes of at least 4 members (excludes halogenated alkanes) is 18. The summed E-state index contributed by atoms with van der Waals surface area (Å²) in [6, 6.07) is 0.0908. The van der Waals surface area contributed by atoms with Crippen LogP contribution in [-0.2, 0) is 0 Å². The highest BCUT2D eigenvalue weighted by Gasteiger charge is 2.08. The first-order valence-electron chi connectivity index (χ1n) is 12.7. The van der Waals surface area contributed by atoms with Gasteiger partial charge < -0.3 is 11.0 Å². The van der Waals surface area contributed by atoms with Crippen LogP contribution in [0, 0.1) is 4.91 Å². The van der Waals surface area contributed by atoms with Crippen LogP contribution >= 0.6 is 0 Å². The molecule has 0 heterocycles. The third kappa shape index (κ3) is 27.5. The van der Waals surface area contributed by atoms with Crippen LogP contribution in [0.2, 0.25) is 0 Å². The normalized spacial score (nSPS) is 10.6. The zero-order valence-corrected chi connectivity index (χ0v) is 20.0. The van der Waals surface area contributed by atoms with E-state index in [0.29, 0.717) is 0 Å². The Bertz CT molecular complexity index is 263. The molecule has 0 bridgehead atoms. The average molecular weight is 418 g/mol. The second kappa shape index (κ2) is 29.7. The van der Waals surface area contributed by atoms with Crippen LogP contribution < -0.4 is 0 Å². The molecule has 0 rings (SSSR count). The van der Waals surface area contributed by atoms with Gasteiger partial charge in [0.05, 0.1) is 6.04 Å². The SMILES string of the molecule is CCCCCCCCCCCCC(CCCCCCCCCCCC)N=O.O.O. The zero-order chi connectivity index (χ0) is 19.8. The summed E-state index contributed by atoms with van der Waals surface area (Å²) in [7, 11) is 0. The maximum Gasteiger partial charge on any atom is 0.0919 e. The third-order valence-electron chi connectivity index (χ3n) is 5.93. The number of hydrogen-bond acceptors (Lipinski definition) is 2. The van der Waals surface area contributed by atoms with Crippen molar-refractivity contribution in [2.45, 2.75) is 161 Å². The molecular formula is C25H55NO3. The Balaban J connectivity index is -0.00000338. The molecule has 178 valence electrons. The van der Waals surface area contributed by atoms with Crippen molar-refractivity contribution in [2.24, 2.45) is 5.18 Å². The zero-order valence-electron chi connectivity index (χ0n) is 20.0. The standard InChI is InChI=1S/C25H51NO.2H2O/c1-3-5-7-9-11-13-15-17-19-21-23-25(26-27)24-22-20-18-16-14-12-10-8-6-4-2;;/h25H,3-24H2,1-2H3;2*1H2. The molecule has 0 amide bonds. The largest absolute Gasteiger partial charge is 0.412 e. The van der Waals surface area contributed by atoms with Crippen molar-refractivity contribution < 1.29 is 11.0 Å². The molecule has 0 saturated heterocycles. The van der Waals surface area contributed by atoms with Crippen LogP contribution in [0.1, 0.15) is 155 Å². The quantitative estimate of drug-likeness (QED) is 0.122. The van der Waals surface area contributed by atoms with E-state index in [1.807, 2.05) is 0 Å². The molecule has 0 fully saturated rings. The van der Waals surface area contributed by atoms with Crippen molar-refractivity contribution in [2.75, 3.05) is 0 Å². The lowest BCUT2D eigenvalue weighted by atomic mass is 10.00. The van der Waals surface area contributed by atoms with Gasteiger partial charge in [0.1, 0.15) is 0 Å². The lowest BCUT2D eigenvalue weighted by Gasteiger charge is -2.09. The van der Waals surface area contributed by atoms with Gasteiger partial charge in [-0.3, -0.25) is 0 Å². The molecule has 0 saturated carbocycles.